The molecule has 0 atom stereocenters. The Labute approximate surface area is 129 Å². The topological polar surface area (TPSA) is 46.9 Å². The molecule has 0 aliphatic carbocycles. The van der Waals surface area contributed by atoms with Crippen LogP contribution in [-0.4, -0.2) is 22.0 Å². The van der Waals surface area contributed by atoms with Gasteiger partial charge in [0.05, 0.1) is 16.7 Å². The van der Waals surface area contributed by atoms with Gasteiger partial charge in [0.25, 0.3) is 5.91 Å². The van der Waals surface area contributed by atoms with Crippen LogP contribution in [0.15, 0.2) is 42.7 Å². The van der Waals surface area contributed by atoms with E-state index in [2.05, 4.69) is 46.9 Å². The molecule has 1 N–H and O–H groups in total. The van der Waals surface area contributed by atoms with E-state index in [0.717, 1.165) is 16.7 Å². The van der Waals surface area contributed by atoms with Crippen LogP contribution >= 0.6 is 0 Å². The quantitative estimate of drug-likeness (QED) is 0.804. The summed E-state index contributed by atoms with van der Waals surface area (Å²) in [4.78, 5) is 16.4. The Morgan fingerprint density at radius 1 is 1.18 bits per heavy atom. The molecule has 0 bridgehead atoms. The van der Waals surface area contributed by atoms with Crippen molar-refractivity contribution in [2.24, 2.45) is 0 Å². The minimum absolute atomic E-state index is 0.0644. The summed E-state index contributed by atoms with van der Waals surface area (Å²) in [5.41, 5.74) is 6.01. The maximum atomic E-state index is 11.9. The molecule has 1 aromatic heterocycles. The van der Waals surface area contributed by atoms with Crippen LogP contribution in [0, 0.1) is 13.8 Å². The number of nitrogens with one attached hydrogen (secondary N) is 1. The van der Waals surface area contributed by atoms with Gasteiger partial charge in [0.1, 0.15) is 6.33 Å². The summed E-state index contributed by atoms with van der Waals surface area (Å²) >= 11 is 0. The average Bonchev–Trinajstić information content (AvgIpc) is 2.90. The number of amides is 1. The van der Waals surface area contributed by atoms with Gasteiger partial charge in [-0.2, -0.15) is 0 Å². The molecule has 0 saturated carbocycles. The second-order valence-corrected chi connectivity index (χ2v) is 5.47. The molecule has 0 fully saturated rings. The summed E-state index contributed by atoms with van der Waals surface area (Å²) in [6.45, 7) is 6.71. The predicted molar refractivity (Wildman–Crippen MR) is 88.6 cm³/mol. The first kappa shape index (κ1) is 14.3. The Morgan fingerprint density at radius 3 is 2.73 bits per heavy atom. The molecule has 112 valence electrons. The smallest absolute Gasteiger partial charge is 0.251 e. The number of fused-ring (bicyclic) bond motifs is 1. The van der Waals surface area contributed by atoms with Crippen molar-refractivity contribution in [3.63, 3.8) is 0 Å². The first-order valence-corrected chi connectivity index (χ1v) is 7.43. The van der Waals surface area contributed by atoms with E-state index in [1.807, 2.05) is 31.5 Å². The van der Waals surface area contributed by atoms with Crippen molar-refractivity contribution >= 4 is 16.9 Å². The lowest BCUT2D eigenvalue weighted by atomic mass is 10.1. The highest BCUT2D eigenvalue weighted by Crippen LogP contribution is 2.22. The van der Waals surface area contributed by atoms with Gasteiger partial charge in [0, 0.05) is 12.1 Å². The fourth-order valence-corrected chi connectivity index (χ4v) is 2.68. The maximum Gasteiger partial charge on any atom is 0.251 e. The molecule has 1 amide bonds. The molecular formula is C18H19N3O. The van der Waals surface area contributed by atoms with E-state index in [1.54, 1.807) is 0 Å². The minimum atomic E-state index is -0.0644. The number of benzene rings is 2. The molecule has 3 aromatic rings. The van der Waals surface area contributed by atoms with Gasteiger partial charge < -0.3 is 5.32 Å². The number of carbonyl (C=O) groups excluding carboxylic acids is 1. The van der Waals surface area contributed by atoms with Gasteiger partial charge in [0.15, 0.2) is 0 Å². The van der Waals surface area contributed by atoms with Crippen molar-refractivity contribution in [2.75, 3.05) is 6.54 Å². The molecule has 4 nitrogen and oxygen atoms in total. The third-order valence-corrected chi connectivity index (χ3v) is 3.76. The Morgan fingerprint density at radius 2 is 2.00 bits per heavy atom. The van der Waals surface area contributed by atoms with Crippen LogP contribution in [-0.2, 0) is 0 Å². The summed E-state index contributed by atoms with van der Waals surface area (Å²) in [7, 11) is 0. The number of aromatic nitrogens is 2. The number of imidazole rings is 1. The number of hydrogen-bond donors (Lipinski definition) is 1. The monoisotopic (exact) mass is 293 g/mol. The number of carbonyl (C=O) groups is 1. The van der Waals surface area contributed by atoms with Crippen LogP contribution in [0.5, 0.6) is 0 Å². The third-order valence-electron chi connectivity index (χ3n) is 3.76. The lowest BCUT2D eigenvalue weighted by Gasteiger charge is -2.09. The highest BCUT2D eigenvalue weighted by molar-refractivity contribution is 5.97. The van der Waals surface area contributed by atoms with Crippen molar-refractivity contribution in [2.45, 2.75) is 20.8 Å². The van der Waals surface area contributed by atoms with Crippen LogP contribution in [0.2, 0.25) is 0 Å². The molecule has 0 spiro atoms. The summed E-state index contributed by atoms with van der Waals surface area (Å²) in [6.07, 6.45) is 1.81. The maximum absolute atomic E-state index is 11.9. The Balaban J connectivity index is 2.08. The molecule has 4 heteroatoms. The molecule has 0 unspecified atom stereocenters. The van der Waals surface area contributed by atoms with Crippen molar-refractivity contribution < 1.29 is 4.79 Å². The number of aryl methyl sites for hydroxylation is 2. The lowest BCUT2D eigenvalue weighted by Crippen LogP contribution is -2.22. The van der Waals surface area contributed by atoms with Gasteiger partial charge in [-0.1, -0.05) is 17.7 Å². The Bertz CT molecular complexity index is 849. The molecule has 2 aromatic carbocycles. The fourth-order valence-electron chi connectivity index (χ4n) is 2.68. The standard InChI is InChI=1S/C18H19N3O/c1-4-19-18(22)14-6-8-17-15(10-14)20-11-21(17)16-7-5-12(2)9-13(16)3/h5-11H,4H2,1-3H3,(H,19,22). The van der Waals surface area contributed by atoms with E-state index in [-0.39, 0.29) is 5.91 Å². The molecule has 3 rings (SSSR count). The molecule has 22 heavy (non-hydrogen) atoms. The van der Waals surface area contributed by atoms with E-state index in [9.17, 15) is 4.79 Å². The minimum Gasteiger partial charge on any atom is -0.352 e. The summed E-state index contributed by atoms with van der Waals surface area (Å²) < 4.78 is 2.06. The third kappa shape index (κ3) is 2.48. The van der Waals surface area contributed by atoms with E-state index < -0.39 is 0 Å². The first-order valence-electron chi connectivity index (χ1n) is 7.43. The van der Waals surface area contributed by atoms with E-state index in [0.29, 0.717) is 12.1 Å². The van der Waals surface area contributed by atoms with Crippen molar-refractivity contribution in [3.8, 4) is 5.69 Å². The van der Waals surface area contributed by atoms with Crippen LogP contribution in [0.1, 0.15) is 28.4 Å². The van der Waals surface area contributed by atoms with Gasteiger partial charge in [-0.25, -0.2) is 4.98 Å². The van der Waals surface area contributed by atoms with Gasteiger partial charge >= 0.3 is 0 Å². The highest BCUT2D eigenvalue weighted by atomic mass is 16.1. The largest absolute Gasteiger partial charge is 0.352 e. The molecular weight excluding hydrogens is 274 g/mol. The number of nitrogens with zero attached hydrogens (tertiary/aromatic N) is 2. The molecule has 0 radical (unpaired) electrons. The number of rotatable bonds is 3. The average molecular weight is 293 g/mol. The first-order chi connectivity index (χ1) is 10.6. The van der Waals surface area contributed by atoms with Crippen LogP contribution in [0.25, 0.3) is 16.7 Å². The molecule has 0 aliphatic rings. The van der Waals surface area contributed by atoms with Crippen molar-refractivity contribution in [3.05, 3.63) is 59.4 Å². The fraction of sp³-hybridized carbons (Fsp3) is 0.222. The van der Waals surface area contributed by atoms with Crippen molar-refractivity contribution in [1.29, 1.82) is 0 Å². The van der Waals surface area contributed by atoms with E-state index >= 15 is 0 Å². The number of hydrogen-bond acceptors (Lipinski definition) is 2. The zero-order valence-corrected chi connectivity index (χ0v) is 13.1. The molecule has 0 saturated heterocycles. The van der Waals surface area contributed by atoms with E-state index in [1.165, 1.54) is 11.1 Å². The zero-order chi connectivity index (χ0) is 15.7. The molecule has 0 aliphatic heterocycles. The highest BCUT2D eigenvalue weighted by Gasteiger charge is 2.10. The van der Waals surface area contributed by atoms with Gasteiger partial charge in [-0.15, -0.1) is 0 Å². The Hall–Kier alpha value is -2.62. The van der Waals surface area contributed by atoms with Crippen LogP contribution in [0.3, 0.4) is 0 Å². The van der Waals surface area contributed by atoms with Crippen LogP contribution in [0.4, 0.5) is 0 Å². The summed E-state index contributed by atoms with van der Waals surface area (Å²) in [5.74, 6) is -0.0644. The molecule has 1 heterocycles. The summed E-state index contributed by atoms with van der Waals surface area (Å²) in [5, 5.41) is 2.81. The van der Waals surface area contributed by atoms with Gasteiger partial charge in [-0.3, -0.25) is 9.36 Å². The van der Waals surface area contributed by atoms with Crippen molar-refractivity contribution in [1.82, 2.24) is 14.9 Å². The van der Waals surface area contributed by atoms with E-state index in [4.69, 9.17) is 0 Å². The lowest BCUT2D eigenvalue weighted by molar-refractivity contribution is 0.0956. The second-order valence-electron chi connectivity index (χ2n) is 5.47. The second kappa shape index (κ2) is 5.64. The van der Waals surface area contributed by atoms with Gasteiger partial charge in [-0.05, 0) is 50.6 Å². The summed E-state index contributed by atoms with van der Waals surface area (Å²) in [6, 6.07) is 12.0. The normalized spacial score (nSPS) is 10.9. The SMILES string of the molecule is CCNC(=O)c1ccc2c(c1)ncn2-c1ccc(C)cc1C. The predicted octanol–water partition coefficient (Wildman–Crippen LogP) is 3.39. The Kier molecular flexibility index (Phi) is 3.67. The van der Waals surface area contributed by atoms with Crippen LogP contribution < -0.4 is 5.32 Å². The zero-order valence-electron chi connectivity index (χ0n) is 13.1. The van der Waals surface area contributed by atoms with Gasteiger partial charge in [0.2, 0.25) is 0 Å².